The molecule has 0 aliphatic heterocycles. The first-order chi connectivity index (χ1) is 18.9. The molecule has 0 atom stereocenters. The zero-order chi connectivity index (χ0) is 27.4. The summed E-state index contributed by atoms with van der Waals surface area (Å²) in [6.07, 6.45) is 3.05. The van der Waals surface area contributed by atoms with E-state index in [0.29, 0.717) is 45.5 Å². The third-order valence-electron chi connectivity index (χ3n) is 5.96. The molecule has 0 fully saturated rings. The van der Waals surface area contributed by atoms with Crippen molar-refractivity contribution in [2.24, 2.45) is 0 Å². The fourth-order valence-corrected chi connectivity index (χ4v) is 5.43. The summed E-state index contributed by atoms with van der Waals surface area (Å²) in [7, 11) is -2.73. The van der Waals surface area contributed by atoms with Crippen molar-refractivity contribution < 1.29 is 22.7 Å². The number of anilines is 1. The van der Waals surface area contributed by atoms with Gasteiger partial charge in [-0.2, -0.15) is 0 Å². The van der Waals surface area contributed by atoms with E-state index in [2.05, 4.69) is 26.5 Å². The van der Waals surface area contributed by atoms with Gasteiger partial charge in [0.15, 0.2) is 5.69 Å². The largest absolute Gasteiger partial charge is 0.493 e. The molecule has 0 unspecified atom stereocenters. The van der Waals surface area contributed by atoms with E-state index in [1.165, 1.54) is 19.4 Å². The second-order valence-electron chi connectivity index (χ2n) is 8.35. The average Bonchev–Trinajstić information content (AvgIpc) is 2.96. The monoisotopic (exact) mass is 537 g/mol. The lowest BCUT2D eigenvalue weighted by molar-refractivity contribution is 0.0596. The minimum Gasteiger partial charge on any atom is -0.493 e. The summed E-state index contributed by atoms with van der Waals surface area (Å²) in [5.74, 6) is 6.15. The Morgan fingerprint density at radius 1 is 0.872 bits per heavy atom. The first-order valence-corrected chi connectivity index (χ1v) is 13.5. The average molecular weight is 538 g/mol. The van der Waals surface area contributed by atoms with Gasteiger partial charge in [0.1, 0.15) is 10.6 Å². The zero-order valence-electron chi connectivity index (χ0n) is 21.1. The van der Waals surface area contributed by atoms with Gasteiger partial charge >= 0.3 is 5.97 Å². The number of esters is 1. The summed E-state index contributed by atoms with van der Waals surface area (Å²) >= 11 is 0. The van der Waals surface area contributed by atoms with E-state index in [4.69, 9.17) is 9.47 Å². The lowest BCUT2D eigenvalue weighted by Gasteiger charge is -2.13. The Bertz CT molecular complexity index is 1890. The lowest BCUT2D eigenvalue weighted by atomic mass is 10.0. The van der Waals surface area contributed by atoms with Crippen LogP contribution in [0.3, 0.4) is 0 Å². The predicted octanol–water partition coefficient (Wildman–Crippen LogP) is 5.17. The number of fused-ring (bicyclic) bond motifs is 2. The van der Waals surface area contributed by atoms with Crippen LogP contribution in [-0.4, -0.2) is 38.1 Å². The summed E-state index contributed by atoms with van der Waals surface area (Å²) < 4.78 is 40.2. The Labute approximate surface area is 225 Å². The maximum atomic E-state index is 13.5. The van der Waals surface area contributed by atoms with Crippen LogP contribution in [0.1, 0.15) is 28.5 Å². The maximum absolute atomic E-state index is 13.5. The number of benzene rings is 3. The number of ether oxygens (including phenoxy) is 2. The molecule has 0 aliphatic rings. The first-order valence-electron chi connectivity index (χ1n) is 12.0. The van der Waals surface area contributed by atoms with Gasteiger partial charge in [-0.05, 0) is 43.3 Å². The molecule has 0 bridgehead atoms. The number of hydrogen-bond donors (Lipinski definition) is 1. The normalized spacial score (nSPS) is 11.0. The van der Waals surface area contributed by atoms with Crippen molar-refractivity contribution >= 4 is 43.4 Å². The van der Waals surface area contributed by atoms with Crippen LogP contribution in [-0.2, 0) is 14.8 Å². The topological polar surface area (TPSA) is 107 Å². The van der Waals surface area contributed by atoms with E-state index in [1.54, 1.807) is 60.8 Å². The summed E-state index contributed by atoms with van der Waals surface area (Å²) in [4.78, 5) is 20.7. The molecule has 0 aliphatic carbocycles. The van der Waals surface area contributed by atoms with Crippen molar-refractivity contribution in [3.05, 3.63) is 102 Å². The van der Waals surface area contributed by atoms with Crippen LogP contribution in [0.15, 0.2) is 90.1 Å². The van der Waals surface area contributed by atoms with E-state index >= 15 is 0 Å². The number of nitrogens with one attached hydrogen (secondary N) is 1. The summed E-state index contributed by atoms with van der Waals surface area (Å²) in [6.45, 7) is 2.30. The minimum absolute atomic E-state index is 0.0258. The van der Waals surface area contributed by atoms with E-state index in [9.17, 15) is 13.2 Å². The highest BCUT2D eigenvalue weighted by Gasteiger charge is 2.21. The van der Waals surface area contributed by atoms with E-state index < -0.39 is 16.0 Å². The molecule has 0 saturated carbocycles. The van der Waals surface area contributed by atoms with Crippen LogP contribution >= 0.6 is 0 Å². The van der Waals surface area contributed by atoms with Gasteiger partial charge in [0, 0.05) is 34.1 Å². The highest BCUT2D eigenvalue weighted by molar-refractivity contribution is 7.93. The van der Waals surface area contributed by atoms with Crippen molar-refractivity contribution in [1.82, 2.24) is 9.97 Å². The van der Waals surface area contributed by atoms with Crippen molar-refractivity contribution in [1.29, 1.82) is 0 Å². The number of nitrogens with zero attached hydrogens (tertiary/aromatic N) is 2. The Morgan fingerprint density at radius 2 is 1.59 bits per heavy atom. The van der Waals surface area contributed by atoms with Crippen molar-refractivity contribution in [3.8, 4) is 17.6 Å². The van der Waals surface area contributed by atoms with Gasteiger partial charge in [-0.15, -0.1) is 0 Å². The van der Waals surface area contributed by atoms with Gasteiger partial charge in [-0.25, -0.2) is 18.2 Å². The van der Waals surface area contributed by atoms with Gasteiger partial charge < -0.3 is 9.47 Å². The van der Waals surface area contributed by atoms with E-state index in [0.717, 1.165) is 5.39 Å². The van der Waals surface area contributed by atoms with Gasteiger partial charge in [0.2, 0.25) is 0 Å². The summed E-state index contributed by atoms with van der Waals surface area (Å²) in [5.41, 5.74) is 1.86. The van der Waals surface area contributed by atoms with Gasteiger partial charge in [0.05, 0.1) is 30.5 Å². The number of carbonyl (C=O) groups is 1. The van der Waals surface area contributed by atoms with Crippen LogP contribution in [0.2, 0.25) is 0 Å². The second kappa shape index (κ2) is 10.8. The third kappa shape index (κ3) is 5.10. The molecule has 2 aromatic heterocycles. The fraction of sp³-hybridized carbons (Fsp3) is 0.100. The van der Waals surface area contributed by atoms with Crippen LogP contribution in [0.4, 0.5) is 5.69 Å². The van der Waals surface area contributed by atoms with E-state index in [1.807, 2.05) is 19.1 Å². The number of sulfonamides is 1. The number of carbonyl (C=O) groups excluding carboxylic acids is 1. The fourth-order valence-electron chi connectivity index (χ4n) is 4.19. The molecule has 9 heteroatoms. The number of rotatable bonds is 6. The lowest BCUT2D eigenvalue weighted by Crippen LogP contribution is -2.15. The molecule has 0 amide bonds. The Kier molecular flexibility index (Phi) is 7.12. The Morgan fingerprint density at radius 3 is 2.38 bits per heavy atom. The molecule has 2 heterocycles. The van der Waals surface area contributed by atoms with Crippen molar-refractivity contribution in [2.75, 3.05) is 18.4 Å². The molecule has 8 nitrogen and oxygen atoms in total. The van der Waals surface area contributed by atoms with Crippen LogP contribution in [0.25, 0.3) is 21.7 Å². The van der Waals surface area contributed by atoms with Gasteiger partial charge in [-0.3, -0.25) is 9.71 Å². The first kappa shape index (κ1) is 25.7. The molecule has 0 saturated heterocycles. The Hall–Kier alpha value is -4.94. The molecule has 5 aromatic rings. The highest BCUT2D eigenvalue weighted by Crippen LogP contribution is 2.31. The molecular weight excluding hydrogens is 514 g/mol. The van der Waals surface area contributed by atoms with Gasteiger partial charge in [-0.1, -0.05) is 48.2 Å². The molecule has 1 N–H and O–H groups in total. The van der Waals surface area contributed by atoms with Crippen molar-refractivity contribution in [2.45, 2.75) is 11.8 Å². The molecule has 39 heavy (non-hydrogen) atoms. The molecule has 5 rings (SSSR count). The standard InChI is InChI=1S/C30H23N3O5S/c1-3-38-26-16-17-27(28-24(26)12-8-18-31-28)39(35,36)33-25-13-7-4-9-20(25)14-15-21-19-32-29(30(34)37-2)23-11-6-5-10-22(21)23/h4-13,16-19,33H,3H2,1-2H3. The summed E-state index contributed by atoms with van der Waals surface area (Å²) in [5, 5.41) is 1.94. The maximum Gasteiger partial charge on any atom is 0.357 e. The Balaban J connectivity index is 1.53. The number of pyridine rings is 2. The number of hydrogen-bond acceptors (Lipinski definition) is 7. The highest BCUT2D eigenvalue weighted by atomic mass is 32.2. The molecular formula is C30H23N3O5S. The molecule has 194 valence electrons. The van der Waals surface area contributed by atoms with Crippen molar-refractivity contribution in [3.63, 3.8) is 0 Å². The number of methoxy groups -OCH3 is 1. The van der Waals surface area contributed by atoms with Gasteiger partial charge in [0.25, 0.3) is 10.0 Å². The van der Waals surface area contributed by atoms with E-state index in [-0.39, 0.29) is 10.6 Å². The third-order valence-corrected chi connectivity index (χ3v) is 7.36. The SMILES string of the molecule is CCOc1ccc(S(=O)(=O)Nc2ccccc2C#Cc2cnc(C(=O)OC)c3ccccc23)c2ncccc12. The quantitative estimate of drug-likeness (QED) is 0.235. The molecule has 3 aromatic carbocycles. The number of para-hydroxylation sites is 1. The van der Waals surface area contributed by atoms with Crippen LogP contribution in [0, 0.1) is 11.8 Å². The number of aromatic nitrogens is 2. The summed E-state index contributed by atoms with van der Waals surface area (Å²) in [6, 6.07) is 20.7. The molecule has 0 radical (unpaired) electrons. The predicted molar refractivity (Wildman–Crippen MR) is 149 cm³/mol. The van der Waals surface area contributed by atoms with Crippen LogP contribution < -0.4 is 9.46 Å². The zero-order valence-corrected chi connectivity index (χ0v) is 22.0. The second-order valence-corrected chi connectivity index (χ2v) is 10.0. The molecule has 0 spiro atoms. The minimum atomic E-state index is -4.03. The smallest absolute Gasteiger partial charge is 0.357 e. The van der Waals surface area contributed by atoms with Crippen LogP contribution in [0.5, 0.6) is 5.75 Å².